The predicted molar refractivity (Wildman–Crippen MR) is 289 cm³/mol. The summed E-state index contributed by atoms with van der Waals surface area (Å²) >= 11 is 0. The van der Waals surface area contributed by atoms with Gasteiger partial charge in [0.05, 0.1) is 26.4 Å². The fraction of sp³-hybridized carbons (Fsp3) is 0.927. The van der Waals surface area contributed by atoms with Crippen LogP contribution in [0.15, 0.2) is 0 Å². The standard InChI is InChI=1S/C55H106O17P2/c1-6-9-12-15-16-17-18-19-20-21-26-31-36-41-55(60)72-51(45-66-53(58)39-34-30-25-23-22-24-29-32-37-48(4)5)47-70-74(63,64)68-43-49(56)42-67-73(61,62)69-46-50(71-54(59)40-35-28-14-11-8-3)44-65-52(57)38-33-27-13-10-7-2/h48-51,56H,6-47H2,1-5H3,(H,61,62)(H,63,64)/t49-,50+,51+/m0/s1. The summed E-state index contributed by atoms with van der Waals surface area (Å²) in [7, 11) is -9.85. The molecular formula is C55H106O17P2. The molecule has 0 spiro atoms. The molecule has 0 aromatic rings. The molecule has 0 saturated carbocycles. The van der Waals surface area contributed by atoms with E-state index < -0.39 is 97.5 Å². The molecular weight excluding hydrogens is 995 g/mol. The molecule has 5 atom stereocenters. The lowest BCUT2D eigenvalue weighted by molar-refractivity contribution is -0.161. The van der Waals surface area contributed by atoms with E-state index in [1.54, 1.807) is 0 Å². The van der Waals surface area contributed by atoms with Crippen molar-refractivity contribution in [3.8, 4) is 0 Å². The Hall–Kier alpha value is -1.94. The Morgan fingerprint density at radius 3 is 0.919 bits per heavy atom. The molecule has 0 bridgehead atoms. The van der Waals surface area contributed by atoms with Crippen LogP contribution >= 0.6 is 15.6 Å². The summed E-state index contributed by atoms with van der Waals surface area (Å²) in [5.74, 6) is -1.44. The zero-order valence-electron chi connectivity index (χ0n) is 47.0. The predicted octanol–water partition coefficient (Wildman–Crippen LogP) is 14.3. The largest absolute Gasteiger partial charge is 0.472 e. The highest BCUT2D eigenvalue weighted by Crippen LogP contribution is 2.45. The lowest BCUT2D eigenvalue weighted by Gasteiger charge is -2.21. The van der Waals surface area contributed by atoms with Crippen molar-refractivity contribution in [2.24, 2.45) is 5.92 Å². The van der Waals surface area contributed by atoms with Gasteiger partial charge in [-0.2, -0.15) is 0 Å². The van der Waals surface area contributed by atoms with Gasteiger partial charge in [0.25, 0.3) is 0 Å². The maximum atomic E-state index is 12.9. The van der Waals surface area contributed by atoms with Gasteiger partial charge < -0.3 is 33.8 Å². The molecule has 17 nitrogen and oxygen atoms in total. The van der Waals surface area contributed by atoms with Gasteiger partial charge in [-0.1, -0.05) is 214 Å². The Bertz CT molecular complexity index is 1470. The number of hydrogen-bond acceptors (Lipinski definition) is 15. The molecule has 0 aliphatic heterocycles. The normalized spacial score (nSPS) is 14.5. The van der Waals surface area contributed by atoms with Gasteiger partial charge in [0, 0.05) is 25.7 Å². The summed E-state index contributed by atoms with van der Waals surface area (Å²) in [6, 6.07) is 0. The van der Waals surface area contributed by atoms with E-state index in [0.29, 0.717) is 25.7 Å². The van der Waals surface area contributed by atoms with Gasteiger partial charge in [-0.3, -0.25) is 37.3 Å². The maximum Gasteiger partial charge on any atom is 0.472 e. The number of unbranched alkanes of at least 4 members (excludes halogenated alkanes) is 27. The lowest BCUT2D eigenvalue weighted by Crippen LogP contribution is -2.30. The van der Waals surface area contributed by atoms with Crippen LogP contribution in [0.25, 0.3) is 0 Å². The van der Waals surface area contributed by atoms with Crippen LogP contribution in [-0.2, 0) is 65.4 Å². The van der Waals surface area contributed by atoms with Crippen molar-refractivity contribution >= 4 is 39.5 Å². The van der Waals surface area contributed by atoms with E-state index in [1.807, 2.05) is 0 Å². The number of ether oxygens (including phenoxy) is 4. The second-order valence-corrected chi connectivity index (χ2v) is 23.4. The number of esters is 4. The first-order valence-electron chi connectivity index (χ1n) is 29.1. The van der Waals surface area contributed by atoms with Gasteiger partial charge in [-0.25, -0.2) is 9.13 Å². The molecule has 0 aromatic carbocycles. The average molecular weight is 1100 g/mol. The first-order valence-corrected chi connectivity index (χ1v) is 32.1. The second kappa shape index (κ2) is 49.4. The summed E-state index contributed by atoms with van der Waals surface area (Å²) in [6.45, 7) is 6.91. The van der Waals surface area contributed by atoms with E-state index in [1.165, 1.54) is 83.5 Å². The third-order valence-corrected chi connectivity index (χ3v) is 14.4. The van der Waals surface area contributed by atoms with Gasteiger partial charge >= 0.3 is 39.5 Å². The molecule has 0 radical (unpaired) electrons. The number of phosphoric acid groups is 2. The summed E-state index contributed by atoms with van der Waals surface area (Å²) in [4.78, 5) is 71.3. The molecule has 3 N–H and O–H groups in total. The zero-order chi connectivity index (χ0) is 55.0. The zero-order valence-corrected chi connectivity index (χ0v) is 48.7. The molecule has 0 heterocycles. The van der Waals surface area contributed by atoms with Gasteiger partial charge in [0.15, 0.2) is 12.2 Å². The van der Waals surface area contributed by atoms with Crippen molar-refractivity contribution in [3.05, 3.63) is 0 Å². The first-order chi connectivity index (χ1) is 35.5. The minimum Gasteiger partial charge on any atom is -0.462 e. The van der Waals surface area contributed by atoms with Crippen LogP contribution in [0.5, 0.6) is 0 Å². The van der Waals surface area contributed by atoms with Crippen LogP contribution in [-0.4, -0.2) is 96.7 Å². The molecule has 0 fully saturated rings. The molecule has 19 heteroatoms. The van der Waals surface area contributed by atoms with Crippen LogP contribution < -0.4 is 0 Å². The van der Waals surface area contributed by atoms with Crippen molar-refractivity contribution in [2.75, 3.05) is 39.6 Å². The third kappa shape index (κ3) is 49.6. The topological polar surface area (TPSA) is 237 Å². The molecule has 0 amide bonds. The Kier molecular flexibility index (Phi) is 48.1. The smallest absolute Gasteiger partial charge is 0.462 e. The van der Waals surface area contributed by atoms with Crippen molar-refractivity contribution in [3.63, 3.8) is 0 Å². The van der Waals surface area contributed by atoms with Crippen LogP contribution in [0.1, 0.15) is 266 Å². The van der Waals surface area contributed by atoms with Crippen LogP contribution in [0.2, 0.25) is 0 Å². The molecule has 438 valence electrons. The van der Waals surface area contributed by atoms with Crippen molar-refractivity contribution in [1.82, 2.24) is 0 Å². The number of aliphatic hydroxyl groups is 1. The first kappa shape index (κ1) is 72.1. The average Bonchev–Trinajstić information content (AvgIpc) is 3.36. The van der Waals surface area contributed by atoms with Crippen LogP contribution in [0, 0.1) is 5.92 Å². The van der Waals surface area contributed by atoms with Crippen LogP contribution in [0.4, 0.5) is 0 Å². The van der Waals surface area contributed by atoms with Gasteiger partial charge in [0.1, 0.15) is 19.3 Å². The van der Waals surface area contributed by atoms with E-state index in [9.17, 15) is 43.2 Å². The highest BCUT2D eigenvalue weighted by molar-refractivity contribution is 7.47. The summed E-state index contributed by atoms with van der Waals surface area (Å²) < 4.78 is 67.2. The number of aliphatic hydroxyl groups excluding tert-OH is 1. The van der Waals surface area contributed by atoms with E-state index >= 15 is 0 Å². The molecule has 0 rings (SSSR count). The van der Waals surface area contributed by atoms with Gasteiger partial charge in [0.2, 0.25) is 0 Å². The van der Waals surface area contributed by atoms with E-state index in [4.69, 9.17) is 37.0 Å². The number of hydrogen-bond donors (Lipinski definition) is 3. The van der Waals surface area contributed by atoms with Gasteiger partial charge in [-0.05, 0) is 31.6 Å². The summed E-state index contributed by atoms with van der Waals surface area (Å²) in [6.07, 6.45) is 30.1. The van der Waals surface area contributed by atoms with Crippen molar-refractivity contribution < 1.29 is 80.2 Å². The van der Waals surface area contributed by atoms with E-state index in [-0.39, 0.29) is 25.7 Å². The molecule has 74 heavy (non-hydrogen) atoms. The van der Waals surface area contributed by atoms with Crippen molar-refractivity contribution in [1.29, 1.82) is 0 Å². The number of rotatable bonds is 55. The number of phosphoric ester groups is 2. The number of carbonyl (C=O) groups excluding carboxylic acids is 4. The molecule has 0 aliphatic carbocycles. The molecule has 2 unspecified atom stereocenters. The highest BCUT2D eigenvalue weighted by Gasteiger charge is 2.30. The fourth-order valence-electron chi connectivity index (χ4n) is 7.99. The lowest BCUT2D eigenvalue weighted by atomic mass is 10.0. The maximum absolute atomic E-state index is 12.9. The fourth-order valence-corrected chi connectivity index (χ4v) is 9.57. The van der Waals surface area contributed by atoms with Crippen LogP contribution in [0.3, 0.4) is 0 Å². The monoisotopic (exact) mass is 1100 g/mol. The number of carbonyl (C=O) groups is 4. The quantitative estimate of drug-likeness (QED) is 0.0222. The summed E-state index contributed by atoms with van der Waals surface area (Å²) in [5.41, 5.74) is 0. The second-order valence-electron chi connectivity index (χ2n) is 20.4. The molecule has 0 aliphatic rings. The van der Waals surface area contributed by atoms with Gasteiger partial charge in [-0.15, -0.1) is 0 Å². The highest BCUT2D eigenvalue weighted by atomic mass is 31.2. The Labute approximate surface area is 447 Å². The Balaban J connectivity index is 5.14. The minimum atomic E-state index is -4.93. The van der Waals surface area contributed by atoms with E-state index in [2.05, 4.69) is 34.6 Å². The van der Waals surface area contributed by atoms with Crippen molar-refractivity contribution in [2.45, 2.75) is 284 Å². The van der Waals surface area contributed by atoms with E-state index in [0.717, 1.165) is 102 Å². The molecule has 0 aromatic heterocycles. The third-order valence-electron chi connectivity index (χ3n) is 12.5. The summed E-state index contributed by atoms with van der Waals surface area (Å²) in [5, 5.41) is 10.4. The minimum absolute atomic E-state index is 0.0986. The SMILES string of the molecule is CCCCCCCCCCCCCCCC(=O)O[C@H](COC(=O)CCCCCCCCCCC(C)C)COP(=O)(O)OC[C@@H](O)COP(=O)(O)OC[C@@H](COC(=O)CCCCCCC)OC(=O)CCCCCCC. The molecule has 0 saturated heterocycles. The Morgan fingerprint density at radius 2 is 0.622 bits per heavy atom. The Morgan fingerprint density at radius 1 is 0.365 bits per heavy atom.